The number of allylic oxidation sites excluding steroid dienone is 4. The summed E-state index contributed by atoms with van der Waals surface area (Å²) in [6, 6.07) is 0. The third kappa shape index (κ3) is 2.18. The summed E-state index contributed by atoms with van der Waals surface area (Å²) in [5.74, 6) is 0.347. The Labute approximate surface area is 173 Å². The lowest BCUT2D eigenvalue weighted by Gasteiger charge is -2.51. The van der Waals surface area contributed by atoms with Crippen molar-refractivity contribution in [1.82, 2.24) is 4.90 Å². The Morgan fingerprint density at radius 2 is 1.83 bits per heavy atom. The molecular weight excluding hydrogens is 362 g/mol. The lowest BCUT2D eigenvalue weighted by molar-refractivity contribution is -0.131. The highest BCUT2D eigenvalue weighted by atomic mass is 16.2. The predicted octanol–water partition coefficient (Wildman–Crippen LogP) is 4.17. The molecule has 1 unspecified atom stereocenters. The van der Waals surface area contributed by atoms with E-state index in [-0.39, 0.29) is 28.4 Å². The van der Waals surface area contributed by atoms with E-state index in [9.17, 15) is 14.4 Å². The Morgan fingerprint density at radius 3 is 2.55 bits per heavy atom. The summed E-state index contributed by atoms with van der Waals surface area (Å²) in [6.45, 7) is 4.54. The lowest BCUT2D eigenvalue weighted by Crippen LogP contribution is -2.47. The molecule has 4 nitrogen and oxygen atoms in total. The third-order valence-corrected chi connectivity index (χ3v) is 9.04. The first-order valence-corrected chi connectivity index (χ1v) is 11.1. The van der Waals surface area contributed by atoms with E-state index in [1.165, 1.54) is 5.57 Å². The van der Waals surface area contributed by atoms with Crippen LogP contribution in [0.3, 0.4) is 0 Å². The van der Waals surface area contributed by atoms with Crippen molar-refractivity contribution in [3.8, 4) is 0 Å². The molecule has 0 radical (unpaired) electrons. The van der Waals surface area contributed by atoms with Gasteiger partial charge in [-0.05, 0) is 48.7 Å². The van der Waals surface area contributed by atoms with Gasteiger partial charge in [-0.25, -0.2) is 0 Å². The first-order chi connectivity index (χ1) is 13.6. The molecule has 5 aliphatic rings. The molecule has 1 spiro atoms. The maximum Gasteiger partial charge on any atom is 0.233 e. The number of amides is 1. The third-order valence-electron chi connectivity index (χ3n) is 9.04. The number of hydrogen-bond donors (Lipinski definition) is 0. The molecule has 0 bridgehead atoms. The number of nitrogens with zero attached hydrogens (tertiary/aromatic N) is 1. The fourth-order valence-corrected chi connectivity index (χ4v) is 7.25. The lowest BCUT2D eigenvalue weighted by atomic mass is 9.51. The molecule has 0 aliphatic heterocycles. The quantitative estimate of drug-likeness (QED) is 0.629. The van der Waals surface area contributed by atoms with Gasteiger partial charge in [0, 0.05) is 38.8 Å². The van der Waals surface area contributed by atoms with Gasteiger partial charge in [-0.1, -0.05) is 37.1 Å². The zero-order chi connectivity index (χ0) is 20.8. The van der Waals surface area contributed by atoms with Crippen LogP contribution in [0.4, 0.5) is 0 Å². The Bertz CT molecular complexity index is 951. The first-order valence-electron chi connectivity index (χ1n) is 11.1. The maximum atomic E-state index is 13.3. The fraction of sp³-hybridized carbons (Fsp3) is 0.640. The predicted molar refractivity (Wildman–Crippen MR) is 111 cm³/mol. The fourth-order valence-electron chi connectivity index (χ4n) is 7.25. The van der Waals surface area contributed by atoms with Crippen LogP contribution < -0.4 is 0 Å². The second-order valence-electron chi connectivity index (χ2n) is 10.6. The molecule has 5 rings (SSSR count). The highest BCUT2D eigenvalue weighted by molar-refractivity contribution is 5.96. The molecule has 5 aliphatic carbocycles. The topological polar surface area (TPSA) is 54.5 Å². The average molecular weight is 394 g/mol. The number of Topliss-reactive ketones (excluding diaryl/α,β-unsaturated/α-hetero) is 2. The minimum atomic E-state index is -0.400. The van der Waals surface area contributed by atoms with Crippen molar-refractivity contribution in [2.75, 3.05) is 14.1 Å². The van der Waals surface area contributed by atoms with Gasteiger partial charge in [-0.15, -0.1) is 0 Å². The van der Waals surface area contributed by atoms with E-state index in [2.05, 4.69) is 26.0 Å². The summed E-state index contributed by atoms with van der Waals surface area (Å²) in [7, 11) is 3.60. The van der Waals surface area contributed by atoms with Crippen molar-refractivity contribution in [2.45, 2.75) is 65.2 Å². The summed E-state index contributed by atoms with van der Waals surface area (Å²) >= 11 is 0. The van der Waals surface area contributed by atoms with E-state index in [4.69, 9.17) is 0 Å². The van der Waals surface area contributed by atoms with E-state index >= 15 is 0 Å². The molecule has 0 aromatic rings. The van der Waals surface area contributed by atoms with E-state index in [0.717, 1.165) is 48.8 Å². The molecule has 29 heavy (non-hydrogen) atoms. The van der Waals surface area contributed by atoms with Gasteiger partial charge >= 0.3 is 0 Å². The summed E-state index contributed by atoms with van der Waals surface area (Å²) in [4.78, 5) is 40.5. The van der Waals surface area contributed by atoms with Crippen LogP contribution in [-0.4, -0.2) is 36.5 Å². The summed E-state index contributed by atoms with van der Waals surface area (Å²) in [6.07, 6.45) is 10.6. The molecular formula is C25H31NO3. The Kier molecular flexibility index (Phi) is 3.80. The molecule has 0 heterocycles. The maximum absolute atomic E-state index is 13.3. The molecule has 0 N–H and O–H groups in total. The van der Waals surface area contributed by atoms with Crippen LogP contribution in [0.5, 0.6) is 0 Å². The van der Waals surface area contributed by atoms with Crippen molar-refractivity contribution >= 4 is 17.5 Å². The van der Waals surface area contributed by atoms with Crippen LogP contribution in [-0.2, 0) is 14.4 Å². The molecule has 0 aromatic carbocycles. The van der Waals surface area contributed by atoms with Gasteiger partial charge in [0.1, 0.15) is 11.6 Å². The number of fused-ring (bicyclic) bond motifs is 3. The molecule has 1 amide bonds. The first kappa shape index (κ1) is 19.0. The van der Waals surface area contributed by atoms with Crippen LogP contribution in [0.15, 0.2) is 34.4 Å². The van der Waals surface area contributed by atoms with E-state index in [0.29, 0.717) is 25.0 Å². The molecule has 4 atom stereocenters. The standard InChI is InChI=1S/C25H31NO3/c1-23-9-6-19-21-17(22(29)26(3)4)14-15-13-16(27)5-11-24(15,2)18(21)7-12-25(19,23)20(28)8-10-23/h6,14,17H,5,7-13H2,1-4H3/t17-,23+,24?,25-/m1/s1. The molecule has 0 aromatic heterocycles. The minimum absolute atomic E-state index is 0.00289. The average Bonchev–Trinajstić information content (AvgIpc) is 3.11. The van der Waals surface area contributed by atoms with Crippen LogP contribution in [0.2, 0.25) is 0 Å². The Hall–Kier alpha value is -1.97. The number of hydrogen-bond acceptors (Lipinski definition) is 3. The number of carbonyl (C=O) groups is 3. The number of ketones is 2. The molecule has 0 saturated heterocycles. The van der Waals surface area contributed by atoms with Crippen molar-refractivity contribution in [3.63, 3.8) is 0 Å². The summed E-state index contributed by atoms with van der Waals surface area (Å²) < 4.78 is 0. The van der Waals surface area contributed by atoms with Gasteiger partial charge < -0.3 is 4.90 Å². The number of rotatable bonds is 1. The van der Waals surface area contributed by atoms with Crippen LogP contribution in [0.25, 0.3) is 0 Å². The van der Waals surface area contributed by atoms with Gasteiger partial charge in [0.05, 0.1) is 11.3 Å². The normalized spacial score (nSPS) is 40.6. The Morgan fingerprint density at radius 1 is 1.07 bits per heavy atom. The van der Waals surface area contributed by atoms with Gasteiger partial charge in [0.25, 0.3) is 0 Å². The molecule has 2 fully saturated rings. The van der Waals surface area contributed by atoms with E-state index in [1.807, 2.05) is 0 Å². The zero-order valence-electron chi connectivity index (χ0n) is 18.1. The van der Waals surface area contributed by atoms with E-state index < -0.39 is 5.41 Å². The van der Waals surface area contributed by atoms with Crippen LogP contribution in [0.1, 0.15) is 65.2 Å². The molecule has 2 saturated carbocycles. The van der Waals surface area contributed by atoms with Gasteiger partial charge in [0.15, 0.2) is 0 Å². The van der Waals surface area contributed by atoms with Gasteiger partial charge in [-0.3, -0.25) is 14.4 Å². The Balaban J connectivity index is 1.72. The highest BCUT2D eigenvalue weighted by Crippen LogP contribution is 2.70. The summed E-state index contributed by atoms with van der Waals surface area (Å²) in [5, 5.41) is 0. The smallest absolute Gasteiger partial charge is 0.233 e. The van der Waals surface area contributed by atoms with Crippen molar-refractivity contribution in [2.24, 2.45) is 22.2 Å². The van der Waals surface area contributed by atoms with Crippen molar-refractivity contribution in [1.29, 1.82) is 0 Å². The largest absolute Gasteiger partial charge is 0.348 e. The zero-order valence-corrected chi connectivity index (χ0v) is 18.1. The van der Waals surface area contributed by atoms with Crippen LogP contribution >= 0.6 is 0 Å². The van der Waals surface area contributed by atoms with Crippen molar-refractivity contribution < 1.29 is 14.4 Å². The highest BCUT2D eigenvalue weighted by Gasteiger charge is 2.65. The second kappa shape index (κ2) is 5.80. The van der Waals surface area contributed by atoms with E-state index in [1.54, 1.807) is 19.0 Å². The SMILES string of the molecule is CN(C)C(=O)[C@@H]1C=C2CC(=O)CCC2(C)C2=C1C1=CC[C@@]3(C)CCC(=O)[C@@]13CC2. The summed E-state index contributed by atoms with van der Waals surface area (Å²) in [5.41, 5.74) is 4.22. The molecule has 4 heteroatoms. The van der Waals surface area contributed by atoms with Gasteiger partial charge in [0.2, 0.25) is 5.91 Å². The minimum Gasteiger partial charge on any atom is -0.348 e. The monoisotopic (exact) mass is 393 g/mol. The number of carbonyl (C=O) groups excluding carboxylic acids is 3. The van der Waals surface area contributed by atoms with Crippen LogP contribution in [0, 0.1) is 22.2 Å². The van der Waals surface area contributed by atoms with Gasteiger partial charge in [-0.2, -0.15) is 0 Å². The molecule has 154 valence electrons. The second-order valence-corrected chi connectivity index (χ2v) is 10.6. The van der Waals surface area contributed by atoms with Crippen molar-refractivity contribution in [3.05, 3.63) is 34.4 Å².